The van der Waals surface area contributed by atoms with Gasteiger partial charge in [-0.3, -0.25) is 9.59 Å². The van der Waals surface area contributed by atoms with Crippen LogP contribution in [0, 0.1) is 142 Å². The van der Waals surface area contributed by atoms with E-state index >= 15 is 0 Å². The highest BCUT2D eigenvalue weighted by Crippen LogP contribution is 2.18. The first kappa shape index (κ1) is 102. The molecule has 0 aliphatic rings. The predicted octanol–water partition coefficient (Wildman–Crippen LogP) is 15.8. The minimum absolute atomic E-state index is 0.0384. The standard InChI is InChI=1S/C95H140N6O9/c1-11-17-23-29-33-37-41-45-49-55-61-69-91(102)98-87(85-107-83-75-89(67-59-53-27-21-15-5)109-93(104)71-63-57-51-47-43-39-35-31-25-19-13-3)73-81-100(7,8)79-65-77-96-95(106)97-78-66-80-101(9,10)82-74-88(99-92(103)70-62-56-50-46-42-38-34-30-24-18-12-2)86-108-84-76-90(68-60-54-28-22-16-6)110-94(105)72-64-58-52-48-44-40-36-32-26-20-14-4/h87-90H,11-12,15-18,21-24,27-30,33-34,37-38,41-42,45-46,49-50,53-56,59-62,65-70,73-86H2,1-10H3,(H2-2,96,97,98,99,102,103,106)/p+2/t87-,88-,89+,90+/m0/s1. The van der Waals surface area contributed by atoms with Crippen LogP contribution in [0.4, 0.5) is 4.79 Å². The Balaban J connectivity index is 5.79. The minimum atomic E-state index is -0.653. The SMILES string of the molecule is CC#CC#CC#CC#CC#CC#CC(=O)O[C@H](CCCCCCC)CCOC[C@H](CC[N+](C)(C)CCCNC(=O)NCCC[N+](C)(C)CC[C@@H](COCC[C@@H](CCCCCCC)OC(=O)C#CC#CC#CC#CC#CC#CC)NC(=O)CCCCCCCCCCCCC)NC(=O)CCCCCCCCCCCCC. The summed E-state index contributed by atoms with van der Waals surface area (Å²) in [7, 11) is 8.72. The van der Waals surface area contributed by atoms with Gasteiger partial charge in [-0.15, -0.1) is 0 Å². The number of hydrogen-bond acceptors (Lipinski definition) is 9. The van der Waals surface area contributed by atoms with Gasteiger partial charge in [0.1, 0.15) is 12.2 Å². The normalized spacial score (nSPS) is 11.2. The summed E-state index contributed by atoms with van der Waals surface area (Å²) in [5, 5.41) is 12.8. The van der Waals surface area contributed by atoms with Crippen molar-refractivity contribution >= 4 is 29.8 Å². The summed E-state index contributed by atoms with van der Waals surface area (Å²) in [4.78, 5) is 65.9. The Hall–Kier alpha value is -8.29. The zero-order chi connectivity index (χ0) is 80.6. The average molecular weight is 1510 g/mol. The summed E-state index contributed by atoms with van der Waals surface area (Å²) < 4.78 is 25.7. The topological polar surface area (TPSA) is 170 Å². The minimum Gasteiger partial charge on any atom is -0.453 e. The van der Waals surface area contributed by atoms with Gasteiger partial charge in [0.05, 0.1) is 92.9 Å². The molecule has 0 spiro atoms. The summed E-state index contributed by atoms with van der Waals surface area (Å²) in [6, 6.07) is -0.615. The van der Waals surface area contributed by atoms with E-state index in [9.17, 15) is 24.0 Å². The van der Waals surface area contributed by atoms with Gasteiger partial charge in [0.15, 0.2) is 0 Å². The smallest absolute Gasteiger partial charge is 0.385 e. The number of carbonyl (C=O) groups is 5. The molecule has 0 aliphatic carbocycles. The number of hydrogen-bond donors (Lipinski definition) is 4. The van der Waals surface area contributed by atoms with Crippen molar-refractivity contribution in [3.05, 3.63) is 0 Å². The van der Waals surface area contributed by atoms with E-state index in [0.717, 1.165) is 142 Å². The van der Waals surface area contributed by atoms with Crippen LogP contribution in [-0.2, 0) is 38.1 Å². The molecule has 0 radical (unpaired) electrons. The molecule has 0 aromatic rings. The first-order valence-corrected chi connectivity index (χ1v) is 42.2. The molecule has 0 aromatic heterocycles. The molecule has 0 saturated carbocycles. The Labute approximate surface area is 670 Å². The number of nitrogens with zero attached hydrogens (tertiary/aromatic N) is 2. The van der Waals surface area contributed by atoms with Crippen molar-refractivity contribution in [2.75, 3.05) is 93.9 Å². The second-order valence-corrected chi connectivity index (χ2v) is 29.8. The molecule has 0 unspecified atom stereocenters. The van der Waals surface area contributed by atoms with E-state index in [1.807, 2.05) is 0 Å². The van der Waals surface area contributed by atoms with E-state index in [2.05, 4.69) is 219 Å². The molecule has 15 heteroatoms. The van der Waals surface area contributed by atoms with E-state index < -0.39 is 11.9 Å². The van der Waals surface area contributed by atoms with E-state index in [1.54, 1.807) is 13.8 Å². The van der Waals surface area contributed by atoms with Crippen LogP contribution < -0.4 is 21.3 Å². The summed E-state index contributed by atoms with van der Waals surface area (Å²) in [6.07, 6.45) is 43.0. The lowest BCUT2D eigenvalue weighted by atomic mass is 10.1. The second-order valence-electron chi connectivity index (χ2n) is 29.8. The van der Waals surface area contributed by atoms with Crippen molar-refractivity contribution in [1.29, 1.82) is 0 Å². The molecular weight excluding hydrogens is 1370 g/mol. The van der Waals surface area contributed by atoms with E-state index in [1.165, 1.54) is 103 Å². The highest BCUT2D eigenvalue weighted by atomic mass is 16.5. The summed E-state index contributed by atoms with van der Waals surface area (Å²) >= 11 is 0. The first-order valence-electron chi connectivity index (χ1n) is 42.2. The number of nitrogens with one attached hydrogen (secondary N) is 4. The second kappa shape index (κ2) is 76.1. The van der Waals surface area contributed by atoms with Crippen LogP contribution in [-0.4, -0.2) is 157 Å². The molecular formula is C95H142N6O9+2. The number of amides is 4. The number of esters is 2. The zero-order valence-corrected chi connectivity index (χ0v) is 70.1. The molecule has 4 amide bonds. The summed E-state index contributed by atoms with van der Waals surface area (Å²) in [5.41, 5.74) is 0. The molecule has 0 bridgehead atoms. The molecule has 0 saturated heterocycles. The molecule has 0 heterocycles. The molecule has 604 valence electrons. The lowest BCUT2D eigenvalue weighted by Gasteiger charge is -2.32. The Morgan fingerprint density at radius 2 is 0.582 bits per heavy atom. The van der Waals surface area contributed by atoms with Gasteiger partial charge in [-0.05, 0) is 171 Å². The lowest BCUT2D eigenvalue weighted by Crippen LogP contribution is -2.48. The third kappa shape index (κ3) is 72.6. The quantitative estimate of drug-likeness (QED) is 0.0152. The number of urea groups is 1. The van der Waals surface area contributed by atoms with E-state index in [0.29, 0.717) is 99.8 Å². The van der Waals surface area contributed by atoms with Gasteiger partial charge in [0.25, 0.3) is 0 Å². The number of quaternary nitrogens is 2. The van der Waals surface area contributed by atoms with Crippen LogP contribution >= 0.6 is 0 Å². The van der Waals surface area contributed by atoms with Crippen LogP contribution in [0.2, 0.25) is 0 Å². The van der Waals surface area contributed by atoms with Crippen LogP contribution in [0.25, 0.3) is 0 Å². The Bertz CT molecular complexity index is 3120. The maximum atomic E-state index is 13.5. The number of ether oxygens (including phenoxy) is 4. The number of unbranched alkanes of at least 4 members (excludes halogenated alkanes) is 28. The Morgan fingerprint density at radius 3 is 0.882 bits per heavy atom. The van der Waals surface area contributed by atoms with Gasteiger partial charge in [-0.25, -0.2) is 14.4 Å². The predicted molar refractivity (Wildman–Crippen MR) is 452 cm³/mol. The highest BCUT2D eigenvalue weighted by Gasteiger charge is 2.24. The van der Waals surface area contributed by atoms with E-state index in [4.69, 9.17) is 18.9 Å². The van der Waals surface area contributed by atoms with Gasteiger partial charge in [-0.1, -0.05) is 219 Å². The largest absolute Gasteiger partial charge is 0.453 e. The van der Waals surface area contributed by atoms with Crippen molar-refractivity contribution in [2.45, 2.75) is 336 Å². The molecule has 0 aromatic carbocycles. The highest BCUT2D eigenvalue weighted by molar-refractivity contribution is 5.89. The van der Waals surface area contributed by atoms with Crippen molar-refractivity contribution < 1.29 is 51.9 Å². The van der Waals surface area contributed by atoms with Gasteiger partial charge < -0.3 is 49.2 Å². The van der Waals surface area contributed by atoms with Crippen LogP contribution in [0.1, 0.15) is 311 Å². The van der Waals surface area contributed by atoms with Gasteiger partial charge in [0.2, 0.25) is 11.8 Å². The Morgan fingerprint density at radius 1 is 0.309 bits per heavy atom. The van der Waals surface area contributed by atoms with Crippen LogP contribution in [0.5, 0.6) is 0 Å². The van der Waals surface area contributed by atoms with E-state index in [-0.39, 0.29) is 42.1 Å². The fourth-order valence-corrected chi connectivity index (χ4v) is 12.1. The third-order valence-corrected chi connectivity index (χ3v) is 18.7. The van der Waals surface area contributed by atoms with Crippen LogP contribution in [0.3, 0.4) is 0 Å². The molecule has 4 N–H and O–H groups in total. The Kier molecular flexibility index (Phi) is 70.4. The molecule has 0 aliphatic heterocycles. The number of carbonyl (C=O) groups excluding carboxylic acids is 5. The summed E-state index contributed by atoms with van der Waals surface area (Å²) in [5.74, 6) is 60.4. The maximum Gasteiger partial charge on any atom is 0.385 e. The van der Waals surface area contributed by atoms with Crippen molar-refractivity contribution in [3.8, 4) is 142 Å². The molecule has 4 atom stereocenters. The molecule has 0 fully saturated rings. The van der Waals surface area contributed by atoms with Crippen molar-refractivity contribution in [2.24, 2.45) is 0 Å². The lowest BCUT2D eigenvalue weighted by molar-refractivity contribution is -0.890. The first-order chi connectivity index (χ1) is 53.5. The average Bonchev–Trinajstić information content (AvgIpc) is 0.916. The fourth-order valence-electron chi connectivity index (χ4n) is 12.1. The maximum absolute atomic E-state index is 13.5. The van der Waals surface area contributed by atoms with Crippen LogP contribution in [0.15, 0.2) is 0 Å². The monoisotopic (exact) mass is 1510 g/mol. The molecule has 0 rings (SSSR count). The summed E-state index contributed by atoms with van der Waals surface area (Å²) in [6.45, 7) is 17.8. The van der Waals surface area contributed by atoms with Gasteiger partial charge >= 0.3 is 18.0 Å². The molecule has 110 heavy (non-hydrogen) atoms. The number of rotatable bonds is 64. The van der Waals surface area contributed by atoms with Crippen molar-refractivity contribution in [1.82, 2.24) is 21.3 Å². The third-order valence-electron chi connectivity index (χ3n) is 18.7. The molecule has 15 nitrogen and oxygen atoms in total. The van der Waals surface area contributed by atoms with Gasteiger partial charge in [-0.2, -0.15) is 0 Å². The van der Waals surface area contributed by atoms with Gasteiger partial charge in [0, 0.05) is 76.3 Å². The zero-order valence-electron chi connectivity index (χ0n) is 70.1. The fraction of sp³-hybridized carbons (Fsp3) is 0.695. The van der Waals surface area contributed by atoms with Crippen molar-refractivity contribution in [3.63, 3.8) is 0 Å².